The first-order valence-corrected chi connectivity index (χ1v) is 6.88. The lowest BCUT2D eigenvalue weighted by molar-refractivity contribution is -0.129. The highest BCUT2D eigenvalue weighted by Gasteiger charge is 2.29. The van der Waals surface area contributed by atoms with Crippen molar-refractivity contribution in [1.82, 2.24) is 4.90 Å². The fraction of sp³-hybridized carbons (Fsp3) is 0.500. The summed E-state index contributed by atoms with van der Waals surface area (Å²) in [5.41, 5.74) is 1.16. The molecule has 1 aromatic carbocycles. The van der Waals surface area contributed by atoms with Crippen LogP contribution in [0, 0.1) is 0 Å². The molecule has 1 atom stereocenters. The van der Waals surface area contributed by atoms with E-state index >= 15 is 0 Å². The van der Waals surface area contributed by atoms with Crippen LogP contribution in [0.2, 0.25) is 0 Å². The number of carbonyl (C=O) groups is 1. The average molecular weight is 268 g/mol. The van der Waals surface area contributed by atoms with E-state index in [1.165, 1.54) is 0 Å². The second kappa shape index (κ2) is 6.10. The molecule has 4 heteroatoms. The van der Waals surface area contributed by atoms with Crippen LogP contribution >= 0.6 is 11.6 Å². The monoisotopic (exact) mass is 267 g/mol. The van der Waals surface area contributed by atoms with Gasteiger partial charge in [0, 0.05) is 6.54 Å². The molecule has 18 heavy (non-hydrogen) atoms. The topological polar surface area (TPSA) is 29.5 Å². The zero-order valence-electron chi connectivity index (χ0n) is 10.6. The molecule has 1 heterocycles. The molecule has 1 aliphatic rings. The molecule has 0 N–H and O–H groups in total. The number of rotatable bonds is 4. The lowest BCUT2D eigenvalue weighted by Gasteiger charge is -2.24. The number of benzene rings is 1. The minimum Gasteiger partial charge on any atom is -0.494 e. The fourth-order valence-electron chi connectivity index (χ4n) is 2.44. The standard InChI is InChI=1S/C14H18ClNO2/c1-2-18-12-7-5-11(6-8-12)13-4-3-9-16(13)14(17)10-15/h5-8,13H,2-4,9-10H2,1H3/t13-/m0/s1. The van der Waals surface area contributed by atoms with E-state index in [4.69, 9.17) is 16.3 Å². The Hall–Kier alpha value is -1.22. The van der Waals surface area contributed by atoms with Crippen LogP contribution in [0.15, 0.2) is 24.3 Å². The van der Waals surface area contributed by atoms with Gasteiger partial charge >= 0.3 is 0 Å². The van der Waals surface area contributed by atoms with Gasteiger partial charge < -0.3 is 9.64 Å². The summed E-state index contributed by atoms with van der Waals surface area (Å²) in [5, 5.41) is 0. The molecule has 0 aromatic heterocycles. The smallest absolute Gasteiger partial charge is 0.238 e. The molecule has 0 radical (unpaired) electrons. The van der Waals surface area contributed by atoms with Crippen molar-refractivity contribution in [3.05, 3.63) is 29.8 Å². The summed E-state index contributed by atoms with van der Waals surface area (Å²) < 4.78 is 5.42. The summed E-state index contributed by atoms with van der Waals surface area (Å²) in [6.45, 7) is 3.44. The zero-order chi connectivity index (χ0) is 13.0. The predicted octanol–water partition coefficient (Wildman–Crippen LogP) is 2.99. The number of hydrogen-bond acceptors (Lipinski definition) is 2. The number of alkyl halides is 1. The number of likely N-dealkylation sites (tertiary alicyclic amines) is 1. The maximum Gasteiger partial charge on any atom is 0.238 e. The highest BCUT2D eigenvalue weighted by molar-refractivity contribution is 6.27. The molecule has 3 nitrogen and oxygen atoms in total. The molecule has 1 aromatic rings. The molecular formula is C14H18ClNO2. The second-order valence-electron chi connectivity index (χ2n) is 4.38. The Morgan fingerprint density at radius 2 is 2.17 bits per heavy atom. The first kappa shape index (κ1) is 13.2. The lowest BCUT2D eigenvalue weighted by Crippen LogP contribution is -2.31. The minimum atomic E-state index is 0.0213. The first-order chi connectivity index (χ1) is 8.76. The van der Waals surface area contributed by atoms with Gasteiger partial charge in [-0.2, -0.15) is 0 Å². The van der Waals surface area contributed by atoms with Crippen LogP contribution in [0.1, 0.15) is 31.4 Å². The summed E-state index contributed by atoms with van der Waals surface area (Å²) in [4.78, 5) is 13.6. The molecule has 0 aliphatic carbocycles. The van der Waals surface area contributed by atoms with Crippen molar-refractivity contribution >= 4 is 17.5 Å². The molecule has 1 saturated heterocycles. The second-order valence-corrected chi connectivity index (χ2v) is 4.65. The van der Waals surface area contributed by atoms with E-state index in [1.54, 1.807) is 0 Å². The highest BCUT2D eigenvalue weighted by Crippen LogP contribution is 2.32. The van der Waals surface area contributed by atoms with Crippen molar-refractivity contribution in [1.29, 1.82) is 0 Å². The Bertz CT molecular complexity index is 405. The van der Waals surface area contributed by atoms with Crippen LogP contribution in [-0.2, 0) is 4.79 Å². The van der Waals surface area contributed by atoms with Gasteiger partial charge in [-0.15, -0.1) is 11.6 Å². The Morgan fingerprint density at radius 3 is 2.78 bits per heavy atom. The van der Waals surface area contributed by atoms with Gasteiger partial charge in [0.25, 0.3) is 0 Å². The maximum absolute atomic E-state index is 11.7. The molecule has 2 rings (SSSR count). The molecular weight excluding hydrogens is 250 g/mol. The number of hydrogen-bond donors (Lipinski definition) is 0. The zero-order valence-corrected chi connectivity index (χ0v) is 11.3. The Morgan fingerprint density at radius 1 is 1.44 bits per heavy atom. The summed E-state index contributed by atoms with van der Waals surface area (Å²) in [6, 6.07) is 8.17. The molecule has 1 aliphatic heterocycles. The van der Waals surface area contributed by atoms with E-state index in [9.17, 15) is 4.79 Å². The van der Waals surface area contributed by atoms with Gasteiger partial charge in [-0.3, -0.25) is 4.79 Å². The normalized spacial score (nSPS) is 19.0. The number of carbonyl (C=O) groups excluding carboxylic acids is 1. The molecule has 0 unspecified atom stereocenters. The van der Waals surface area contributed by atoms with Crippen molar-refractivity contribution in [3.63, 3.8) is 0 Å². The minimum absolute atomic E-state index is 0.0213. The summed E-state index contributed by atoms with van der Waals surface area (Å²) in [5.74, 6) is 0.954. The number of amides is 1. The third-order valence-electron chi connectivity index (χ3n) is 3.26. The first-order valence-electron chi connectivity index (χ1n) is 6.34. The fourth-order valence-corrected chi connectivity index (χ4v) is 2.59. The number of ether oxygens (including phenoxy) is 1. The van der Waals surface area contributed by atoms with Crippen LogP contribution < -0.4 is 4.74 Å². The molecule has 1 amide bonds. The summed E-state index contributed by atoms with van der Waals surface area (Å²) >= 11 is 5.64. The van der Waals surface area contributed by atoms with Crippen molar-refractivity contribution < 1.29 is 9.53 Å². The molecule has 0 spiro atoms. The van der Waals surface area contributed by atoms with Crippen LogP contribution in [0.5, 0.6) is 5.75 Å². The van der Waals surface area contributed by atoms with Crippen molar-refractivity contribution in [3.8, 4) is 5.75 Å². The Balaban J connectivity index is 2.12. The average Bonchev–Trinajstić information content (AvgIpc) is 2.88. The lowest BCUT2D eigenvalue weighted by atomic mass is 10.0. The van der Waals surface area contributed by atoms with Gasteiger partial charge in [0.05, 0.1) is 12.6 Å². The third kappa shape index (κ3) is 2.78. The molecule has 1 fully saturated rings. The van der Waals surface area contributed by atoms with Gasteiger partial charge in [0.15, 0.2) is 0 Å². The van der Waals surface area contributed by atoms with E-state index in [1.807, 2.05) is 36.1 Å². The van der Waals surface area contributed by atoms with Crippen LogP contribution in [-0.4, -0.2) is 29.8 Å². The number of halogens is 1. The van der Waals surface area contributed by atoms with Crippen LogP contribution in [0.3, 0.4) is 0 Å². The van der Waals surface area contributed by atoms with Crippen molar-refractivity contribution in [2.75, 3.05) is 19.0 Å². The third-order valence-corrected chi connectivity index (χ3v) is 3.49. The van der Waals surface area contributed by atoms with E-state index in [2.05, 4.69) is 0 Å². The van der Waals surface area contributed by atoms with Gasteiger partial charge in [-0.25, -0.2) is 0 Å². The van der Waals surface area contributed by atoms with Gasteiger partial charge in [0.2, 0.25) is 5.91 Å². The Labute approximate surface area is 113 Å². The van der Waals surface area contributed by atoms with Crippen molar-refractivity contribution in [2.24, 2.45) is 0 Å². The van der Waals surface area contributed by atoms with Crippen molar-refractivity contribution in [2.45, 2.75) is 25.8 Å². The SMILES string of the molecule is CCOc1ccc([C@@H]2CCCN2C(=O)CCl)cc1. The summed E-state index contributed by atoms with van der Waals surface area (Å²) in [7, 11) is 0. The maximum atomic E-state index is 11.7. The van der Waals surface area contributed by atoms with Gasteiger partial charge in [0.1, 0.15) is 11.6 Å². The van der Waals surface area contributed by atoms with E-state index < -0.39 is 0 Å². The largest absolute Gasteiger partial charge is 0.494 e. The summed E-state index contributed by atoms with van der Waals surface area (Å²) in [6.07, 6.45) is 2.05. The van der Waals surface area contributed by atoms with Gasteiger partial charge in [-0.05, 0) is 37.5 Å². The highest BCUT2D eigenvalue weighted by atomic mass is 35.5. The van der Waals surface area contributed by atoms with E-state index in [0.29, 0.717) is 6.61 Å². The molecule has 98 valence electrons. The van der Waals surface area contributed by atoms with E-state index in [-0.39, 0.29) is 17.8 Å². The number of nitrogens with zero attached hydrogens (tertiary/aromatic N) is 1. The quantitative estimate of drug-likeness (QED) is 0.785. The van der Waals surface area contributed by atoms with E-state index in [0.717, 1.165) is 30.7 Å². The van der Waals surface area contributed by atoms with Gasteiger partial charge in [-0.1, -0.05) is 12.1 Å². The van der Waals surface area contributed by atoms with Crippen LogP contribution in [0.4, 0.5) is 0 Å². The predicted molar refractivity (Wildman–Crippen MR) is 72.0 cm³/mol. The van der Waals surface area contributed by atoms with Crippen LogP contribution in [0.25, 0.3) is 0 Å². The molecule has 0 saturated carbocycles. The Kier molecular flexibility index (Phi) is 4.48. The molecule has 0 bridgehead atoms.